The monoisotopic (exact) mass is 397 g/mol. The third kappa shape index (κ3) is 3.95. The van der Waals surface area contributed by atoms with E-state index >= 15 is 0 Å². The number of halogens is 5. The van der Waals surface area contributed by atoms with Crippen molar-refractivity contribution in [1.29, 1.82) is 0 Å². The van der Waals surface area contributed by atoms with Gasteiger partial charge in [-0.05, 0) is 19.1 Å². The van der Waals surface area contributed by atoms with Crippen LogP contribution in [-0.2, 0) is 0 Å². The number of carbonyl (C=O) groups excluding carboxylic acids is 1. The number of hydrogen-bond acceptors (Lipinski definition) is 3. The maximum atomic E-state index is 14.0. The van der Waals surface area contributed by atoms with Gasteiger partial charge in [-0.15, -0.1) is 0 Å². The first-order valence-electron chi connectivity index (χ1n) is 6.96. The largest absolute Gasteiger partial charge is 0.403 e. The molecule has 1 aliphatic rings. The maximum Gasteiger partial charge on any atom is 0.403 e. The summed E-state index contributed by atoms with van der Waals surface area (Å²) in [6.07, 6.45) is -4.29. The molecule has 1 saturated heterocycles. The third-order valence-corrected chi connectivity index (χ3v) is 4.41. The Morgan fingerprint density at radius 3 is 2.30 bits per heavy atom. The molecule has 0 aliphatic carbocycles. The topological polar surface area (TPSA) is 49.6 Å². The van der Waals surface area contributed by atoms with Crippen LogP contribution in [0.25, 0.3) is 0 Å². The molecule has 1 amide bonds. The Balaban J connectivity index is 2.19. The Labute approximate surface area is 139 Å². The smallest absolute Gasteiger partial charge is 0.368 e. The highest BCUT2D eigenvalue weighted by Gasteiger charge is 2.41. The Bertz CT molecular complexity index is 600. The van der Waals surface area contributed by atoms with E-state index in [1.807, 2.05) is 0 Å². The summed E-state index contributed by atoms with van der Waals surface area (Å²) in [6.45, 7) is 1.93. The summed E-state index contributed by atoms with van der Waals surface area (Å²) in [5, 5.41) is 0. The van der Waals surface area contributed by atoms with Gasteiger partial charge >= 0.3 is 6.18 Å². The van der Waals surface area contributed by atoms with Crippen LogP contribution in [0.15, 0.2) is 16.6 Å². The average Bonchev–Trinajstić information content (AvgIpc) is 2.44. The zero-order valence-corrected chi connectivity index (χ0v) is 13.9. The first-order valence-corrected chi connectivity index (χ1v) is 7.75. The molecule has 0 aromatic heterocycles. The average molecular weight is 398 g/mol. The zero-order chi connectivity index (χ0) is 17.4. The first-order chi connectivity index (χ1) is 10.6. The molecular formula is C14H16BrF4N3O. The molecule has 0 radical (unpaired) electrons. The maximum absolute atomic E-state index is 14.0. The summed E-state index contributed by atoms with van der Waals surface area (Å²) in [7, 11) is 0. The summed E-state index contributed by atoms with van der Waals surface area (Å²) in [4.78, 5) is 14.5. The number of carbonyl (C=O) groups is 1. The van der Waals surface area contributed by atoms with Gasteiger partial charge in [0, 0.05) is 30.7 Å². The Morgan fingerprint density at radius 1 is 1.26 bits per heavy atom. The quantitative estimate of drug-likeness (QED) is 0.797. The summed E-state index contributed by atoms with van der Waals surface area (Å²) in [5.74, 6) is -1.66. The first kappa shape index (κ1) is 18.0. The summed E-state index contributed by atoms with van der Waals surface area (Å²) in [5.41, 5.74) is 5.27. The van der Waals surface area contributed by atoms with Gasteiger partial charge in [-0.1, -0.05) is 15.9 Å². The molecule has 1 heterocycles. The van der Waals surface area contributed by atoms with E-state index in [0.29, 0.717) is 10.2 Å². The summed E-state index contributed by atoms with van der Waals surface area (Å²) in [6, 6.07) is 1.14. The minimum Gasteiger partial charge on any atom is -0.368 e. The molecule has 1 aromatic rings. The Hall–Kier alpha value is -1.35. The fraction of sp³-hybridized carbons (Fsp3) is 0.500. The lowest BCUT2D eigenvalue weighted by Gasteiger charge is -2.40. The van der Waals surface area contributed by atoms with Crippen LogP contribution in [-0.4, -0.2) is 49.2 Å². The molecule has 9 heteroatoms. The second kappa shape index (κ2) is 6.64. The predicted octanol–water partition coefficient (Wildman–Crippen LogP) is 2.76. The second-order valence-electron chi connectivity index (χ2n) is 5.39. The molecule has 2 rings (SSSR count). The third-order valence-electron chi connectivity index (χ3n) is 3.96. The van der Waals surface area contributed by atoms with Crippen LogP contribution in [0.5, 0.6) is 0 Å². The Kier molecular flexibility index (Phi) is 5.20. The van der Waals surface area contributed by atoms with Gasteiger partial charge in [0.05, 0.1) is 11.3 Å². The lowest BCUT2D eigenvalue weighted by molar-refractivity contribution is -0.179. The van der Waals surface area contributed by atoms with Crippen molar-refractivity contribution < 1.29 is 22.4 Å². The van der Waals surface area contributed by atoms with Gasteiger partial charge in [0.1, 0.15) is 11.9 Å². The van der Waals surface area contributed by atoms with Gasteiger partial charge in [0.15, 0.2) is 0 Å². The fourth-order valence-corrected chi connectivity index (χ4v) is 3.03. The van der Waals surface area contributed by atoms with Crippen molar-refractivity contribution in [3.8, 4) is 0 Å². The number of rotatable bonds is 3. The van der Waals surface area contributed by atoms with Crippen molar-refractivity contribution in [3.63, 3.8) is 0 Å². The number of primary amides is 1. The fourth-order valence-electron chi connectivity index (χ4n) is 2.61. The van der Waals surface area contributed by atoms with Gasteiger partial charge < -0.3 is 10.6 Å². The van der Waals surface area contributed by atoms with Crippen LogP contribution in [0, 0.1) is 5.82 Å². The summed E-state index contributed by atoms with van der Waals surface area (Å²) < 4.78 is 52.7. The molecule has 0 saturated carbocycles. The van der Waals surface area contributed by atoms with Crippen LogP contribution < -0.4 is 10.6 Å². The van der Waals surface area contributed by atoms with Crippen LogP contribution >= 0.6 is 15.9 Å². The van der Waals surface area contributed by atoms with E-state index in [1.165, 1.54) is 4.90 Å². The summed E-state index contributed by atoms with van der Waals surface area (Å²) >= 11 is 3.15. The van der Waals surface area contributed by atoms with Gasteiger partial charge in [0.2, 0.25) is 0 Å². The van der Waals surface area contributed by atoms with Gasteiger partial charge in [-0.3, -0.25) is 9.69 Å². The van der Waals surface area contributed by atoms with E-state index in [9.17, 15) is 22.4 Å². The number of hydrogen-bond donors (Lipinski definition) is 1. The molecule has 0 bridgehead atoms. The molecule has 1 unspecified atom stereocenters. The number of benzene rings is 1. The molecule has 128 valence electrons. The van der Waals surface area contributed by atoms with Crippen LogP contribution in [0.3, 0.4) is 0 Å². The van der Waals surface area contributed by atoms with Gasteiger partial charge in [-0.2, -0.15) is 13.2 Å². The van der Waals surface area contributed by atoms with Crippen molar-refractivity contribution in [2.45, 2.75) is 19.1 Å². The van der Waals surface area contributed by atoms with E-state index in [4.69, 9.17) is 5.73 Å². The molecule has 23 heavy (non-hydrogen) atoms. The van der Waals surface area contributed by atoms with Crippen LogP contribution in [0.1, 0.15) is 17.3 Å². The van der Waals surface area contributed by atoms with Crippen molar-refractivity contribution in [2.24, 2.45) is 5.73 Å². The van der Waals surface area contributed by atoms with E-state index in [2.05, 4.69) is 15.9 Å². The molecule has 0 spiro atoms. The van der Waals surface area contributed by atoms with E-state index in [1.54, 1.807) is 11.0 Å². The number of nitrogens with zero attached hydrogens (tertiary/aromatic N) is 2. The number of alkyl halides is 3. The normalized spacial score (nSPS) is 18.1. The minimum atomic E-state index is -4.29. The molecule has 1 aromatic carbocycles. The van der Waals surface area contributed by atoms with Crippen molar-refractivity contribution in [2.75, 3.05) is 31.1 Å². The molecular weight excluding hydrogens is 382 g/mol. The minimum absolute atomic E-state index is 0.160. The van der Waals surface area contributed by atoms with E-state index < -0.39 is 23.9 Å². The number of anilines is 1. The standard InChI is InChI=1S/C14H16BrF4N3O/c1-8(14(17,18)19)21-2-4-22(5-3-21)11-7-9(15)6-10(16)12(11)13(20)23/h6-8H,2-5H2,1H3,(H2,20,23). The number of amides is 1. The second-order valence-corrected chi connectivity index (χ2v) is 6.30. The predicted molar refractivity (Wildman–Crippen MR) is 81.9 cm³/mol. The van der Waals surface area contributed by atoms with Crippen molar-refractivity contribution in [3.05, 3.63) is 28.0 Å². The number of piperazine rings is 1. The van der Waals surface area contributed by atoms with E-state index in [-0.39, 0.29) is 31.7 Å². The zero-order valence-electron chi connectivity index (χ0n) is 12.3. The molecule has 4 nitrogen and oxygen atoms in total. The molecule has 1 aliphatic heterocycles. The SMILES string of the molecule is CC(N1CCN(c2cc(Br)cc(F)c2C(N)=O)CC1)C(F)(F)F. The Morgan fingerprint density at radius 2 is 1.83 bits per heavy atom. The van der Waals surface area contributed by atoms with Gasteiger partial charge in [0.25, 0.3) is 5.91 Å². The highest BCUT2D eigenvalue weighted by molar-refractivity contribution is 9.10. The highest BCUT2D eigenvalue weighted by atomic mass is 79.9. The lowest BCUT2D eigenvalue weighted by atomic mass is 10.1. The van der Waals surface area contributed by atoms with Crippen molar-refractivity contribution in [1.82, 2.24) is 4.90 Å². The van der Waals surface area contributed by atoms with Crippen molar-refractivity contribution >= 4 is 27.5 Å². The molecule has 1 fully saturated rings. The molecule has 2 N–H and O–H groups in total. The van der Waals surface area contributed by atoms with Crippen LogP contribution in [0.4, 0.5) is 23.2 Å². The molecule has 1 atom stereocenters. The lowest BCUT2D eigenvalue weighted by Crippen LogP contribution is -2.54. The van der Waals surface area contributed by atoms with Crippen LogP contribution in [0.2, 0.25) is 0 Å². The van der Waals surface area contributed by atoms with Gasteiger partial charge in [-0.25, -0.2) is 4.39 Å². The number of nitrogens with two attached hydrogens (primary N) is 1. The van der Waals surface area contributed by atoms with E-state index in [0.717, 1.165) is 13.0 Å². The highest BCUT2D eigenvalue weighted by Crippen LogP contribution is 2.30.